The van der Waals surface area contributed by atoms with E-state index in [-0.39, 0.29) is 23.8 Å². The normalized spacial score (nSPS) is 33.8. The molecule has 1 aromatic rings. The van der Waals surface area contributed by atoms with Crippen LogP contribution in [0.15, 0.2) is 24.3 Å². The zero-order valence-corrected chi connectivity index (χ0v) is 15.0. The van der Waals surface area contributed by atoms with Crippen LogP contribution in [0.25, 0.3) is 0 Å². The van der Waals surface area contributed by atoms with Gasteiger partial charge >= 0.3 is 0 Å². The van der Waals surface area contributed by atoms with Crippen LogP contribution in [0.2, 0.25) is 0 Å². The molecule has 2 fully saturated rings. The van der Waals surface area contributed by atoms with E-state index < -0.39 is 17.4 Å². The van der Waals surface area contributed by atoms with Crippen molar-refractivity contribution in [2.24, 2.45) is 17.8 Å². The van der Waals surface area contributed by atoms with E-state index in [4.69, 9.17) is 0 Å². The third kappa shape index (κ3) is 1.86. The van der Waals surface area contributed by atoms with E-state index in [9.17, 15) is 14.4 Å². The number of nitrogens with two attached hydrogens (primary N) is 1. The lowest BCUT2D eigenvalue weighted by atomic mass is 9.76. The van der Waals surface area contributed by atoms with E-state index in [1.807, 2.05) is 29.6 Å². The highest BCUT2D eigenvalue weighted by molar-refractivity contribution is 6.14. The number of hydrogen-bond acceptors (Lipinski definition) is 3. The molecular formula is C19H24N3O3+. The Balaban J connectivity index is 1.92. The summed E-state index contributed by atoms with van der Waals surface area (Å²) in [7, 11) is 3.29. The highest BCUT2D eigenvalue weighted by Gasteiger charge is 2.74. The molecule has 4 atom stereocenters. The summed E-state index contributed by atoms with van der Waals surface area (Å²) in [6.45, 7) is 4.21. The number of fused-ring (bicyclic) bond motifs is 4. The lowest BCUT2D eigenvalue weighted by Crippen LogP contribution is -2.99. The van der Waals surface area contributed by atoms with Gasteiger partial charge in [0.05, 0.1) is 5.69 Å². The number of hydrogen-bond donors (Lipinski definition) is 1. The van der Waals surface area contributed by atoms with Gasteiger partial charge in [-0.2, -0.15) is 0 Å². The lowest BCUT2D eigenvalue weighted by Gasteiger charge is -2.26. The number of carbonyl (C=O) groups is 3. The first-order chi connectivity index (χ1) is 11.8. The second-order valence-electron chi connectivity index (χ2n) is 7.95. The van der Waals surface area contributed by atoms with E-state index in [1.165, 1.54) is 11.9 Å². The van der Waals surface area contributed by atoms with Gasteiger partial charge in [0.2, 0.25) is 17.4 Å². The molecule has 132 valence electrons. The van der Waals surface area contributed by atoms with Crippen LogP contribution in [0.3, 0.4) is 0 Å². The summed E-state index contributed by atoms with van der Waals surface area (Å²) < 4.78 is 0. The predicted molar refractivity (Wildman–Crippen MR) is 91.5 cm³/mol. The van der Waals surface area contributed by atoms with Crippen molar-refractivity contribution in [3.63, 3.8) is 0 Å². The monoisotopic (exact) mass is 342 g/mol. The Morgan fingerprint density at radius 3 is 2.44 bits per heavy atom. The molecule has 3 aliphatic heterocycles. The Hall–Kier alpha value is -2.21. The Morgan fingerprint density at radius 2 is 1.76 bits per heavy atom. The molecule has 25 heavy (non-hydrogen) atoms. The molecule has 4 rings (SSSR count). The van der Waals surface area contributed by atoms with E-state index in [1.54, 1.807) is 11.9 Å². The average molecular weight is 342 g/mol. The zero-order valence-electron chi connectivity index (χ0n) is 15.0. The number of amides is 3. The molecule has 3 amide bonds. The first-order valence-electron chi connectivity index (χ1n) is 8.85. The highest BCUT2D eigenvalue weighted by atomic mass is 16.2. The molecule has 2 saturated heterocycles. The van der Waals surface area contributed by atoms with Crippen LogP contribution in [-0.2, 0) is 19.9 Å². The van der Waals surface area contributed by atoms with Crippen LogP contribution in [-0.4, -0.2) is 42.8 Å². The van der Waals surface area contributed by atoms with Gasteiger partial charge < -0.3 is 10.2 Å². The van der Waals surface area contributed by atoms with Crippen LogP contribution < -0.4 is 10.2 Å². The topological polar surface area (TPSA) is 74.3 Å². The number of carbonyl (C=O) groups excluding carboxylic acids is 3. The maximum Gasteiger partial charge on any atom is 0.293 e. The molecule has 1 spiro atoms. The van der Waals surface area contributed by atoms with Gasteiger partial charge in [0.25, 0.3) is 5.91 Å². The number of anilines is 1. The molecule has 0 unspecified atom stereocenters. The molecule has 3 aliphatic rings. The molecule has 0 radical (unpaired) electrons. The minimum Gasteiger partial charge on any atom is -0.326 e. The third-order valence-electron chi connectivity index (χ3n) is 6.11. The number of imide groups is 1. The van der Waals surface area contributed by atoms with Gasteiger partial charge in [-0.25, -0.2) is 0 Å². The van der Waals surface area contributed by atoms with E-state index in [0.717, 1.165) is 17.7 Å². The van der Waals surface area contributed by atoms with Gasteiger partial charge in [0.15, 0.2) is 0 Å². The summed E-state index contributed by atoms with van der Waals surface area (Å²) in [4.78, 5) is 42.0. The van der Waals surface area contributed by atoms with E-state index in [0.29, 0.717) is 5.92 Å². The summed E-state index contributed by atoms with van der Waals surface area (Å²) >= 11 is 0. The van der Waals surface area contributed by atoms with E-state index in [2.05, 4.69) is 13.8 Å². The average Bonchev–Trinajstić information content (AvgIpc) is 3.10. The summed E-state index contributed by atoms with van der Waals surface area (Å²) in [6, 6.07) is 7.57. The standard InChI is InChI=1S/C19H23N3O3/c1-10(2)9-12-14-15(17(24)22(4)16(14)23)19(20-12)11-7-5-6-8-13(11)21(3)18(19)25/h5-8,10,12,14-15,20H,9H2,1-4H3/p+1/t12-,14+,15-,19-/m0/s1. The van der Waals surface area contributed by atoms with Crippen molar-refractivity contribution in [1.82, 2.24) is 4.90 Å². The van der Waals surface area contributed by atoms with Gasteiger partial charge in [-0.05, 0) is 12.0 Å². The first-order valence-corrected chi connectivity index (χ1v) is 8.85. The molecule has 0 saturated carbocycles. The van der Waals surface area contributed by atoms with Crippen LogP contribution >= 0.6 is 0 Å². The van der Waals surface area contributed by atoms with Crippen molar-refractivity contribution in [2.75, 3.05) is 19.0 Å². The van der Waals surface area contributed by atoms with Crippen LogP contribution in [0.4, 0.5) is 5.69 Å². The lowest BCUT2D eigenvalue weighted by molar-refractivity contribution is -0.734. The minimum atomic E-state index is -1.01. The molecule has 1 aromatic carbocycles. The molecule has 3 heterocycles. The SMILES string of the molecule is CC(C)C[C@@H]1[NH2+][C@]2(C(=O)N(C)c3ccccc32)[C@@H]2C(=O)N(C)C(=O)[C@H]12. The number of benzene rings is 1. The zero-order chi connectivity index (χ0) is 18.1. The van der Waals surface area contributed by atoms with Gasteiger partial charge in [0, 0.05) is 26.1 Å². The molecule has 0 bridgehead atoms. The first kappa shape index (κ1) is 16.3. The fourth-order valence-electron chi connectivity index (χ4n) is 5.13. The second-order valence-corrected chi connectivity index (χ2v) is 7.95. The Kier molecular flexibility index (Phi) is 3.35. The predicted octanol–water partition coefficient (Wildman–Crippen LogP) is 0.0810. The van der Waals surface area contributed by atoms with Crippen molar-refractivity contribution in [3.05, 3.63) is 29.8 Å². The molecule has 6 nitrogen and oxygen atoms in total. The second kappa shape index (κ2) is 5.14. The van der Waals surface area contributed by atoms with Crippen molar-refractivity contribution < 1.29 is 19.7 Å². The van der Waals surface area contributed by atoms with Gasteiger partial charge in [-0.15, -0.1) is 0 Å². The van der Waals surface area contributed by atoms with Gasteiger partial charge in [-0.1, -0.05) is 32.0 Å². The minimum absolute atomic E-state index is 0.0603. The van der Waals surface area contributed by atoms with Crippen LogP contribution in [0, 0.1) is 17.8 Å². The summed E-state index contributed by atoms with van der Waals surface area (Å²) in [6.07, 6.45) is 0.801. The molecule has 6 heteroatoms. The number of rotatable bonds is 2. The number of para-hydroxylation sites is 1. The molecule has 2 N–H and O–H groups in total. The maximum absolute atomic E-state index is 13.3. The largest absolute Gasteiger partial charge is 0.326 e. The summed E-state index contributed by atoms with van der Waals surface area (Å²) in [5.74, 6) is -1.12. The number of likely N-dealkylation sites (tertiary alicyclic amines) is 1. The summed E-state index contributed by atoms with van der Waals surface area (Å²) in [5, 5.41) is 2.02. The Bertz CT molecular complexity index is 790. The fourth-order valence-corrected chi connectivity index (χ4v) is 5.13. The molecular weight excluding hydrogens is 318 g/mol. The Morgan fingerprint density at radius 1 is 1.08 bits per heavy atom. The maximum atomic E-state index is 13.3. The number of likely N-dealkylation sites (N-methyl/N-ethyl adjacent to an activating group) is 1. The van der Waals surface area contributed by atoms with Gasteiger partial charge in [0.1, 0.15) is 17.9 Å². The van der Waals surface area contributed by atoms with E-state index >= 15 is 0 Å². The van der Waals surface area contributed by atoms with Crippen molar-refractivity contribution in [3.8, 4) is 0 Å². The van der Waals surface area contributed by atoms with Crippen LogP contribution in [0.5, 0.6) is 0 Å². The molecule has 0 aliphatic carbocycles. The smallest absolute Gasteiger partial charge is 0.293 e. The Labute approximate surface area is 147 Å². The van der Waals surface area contributed by atoms with Crippen molar-refractivity contribution >= 4 is 23.4 Å². The van der Waals surface area contributed by atoms with Crippen molar-refractivity contribution in [1.29, 1.82) is 0 Å². The quantitative estimate of drug-likeness (QED) is 0.774. The summed E-state index contributed by atoms with van der Waals surface area (Å²) in [5.41, 5.74) is 0.690. The number of nitrogens with zero attached hydrogens (tertiary/aromatic N) is 2. The van der Waals surface area contributed by atoms with Gasteiger partial charge in [-0.3, -0.25) is 19.3 Å². The van der Waals surface area contributed by atoms with Crippen molar-refractivity contribution in [2.45, 2.75) is 31.8 Å². The number of quaternary nitrogens is 1. The third-order valence-corrected chi connectivity index (χ3v) is 6.11. The molecule has 0 aromatic heterocycles. The fraction of sp³-hybridized carbons (Fsp3) is 0.526. The van der Waals surface area contributed by atoms with Crippen LogP contribution in [0.1, 0.15) is 25.8 Å². The highest BCUT2D eigenvalue weighted by Crippen LogP contribution is 2.50.